The van der Waals surface area contributed by atoms with Gasteiger partial charge in [0.05, 0.1) is 25.1 Å². The summed E-state index contributed by atoms with van der Waals surface area (Å²) in [5, 5.41) is 7.01. The molecule has 2 aromatic rings. The summed E-state index contributed by atoms with van der Waals surface area (Å²) < 4.78 is 5.30. The van der Waals surface area contributed by atoms with Gasteiger partial charge in [0.1, 0.15) is 0 Å². The molecule has 1 fully saturated rings. The highest BCUT2D eigenvalue weighted by atomic mass is 32.1. The maximum absolute atomic E-state index is 5.30. The van der Waals surface area contributed by atoms with Gasteiger partial charge in [-0.15, -0.1) is 11.3 Å². The lowest BCUT2D eigenvalue weighted by Gasteiger charge is -2.38. The van der Waals surface area contributed by atoms with Crippen LogP contribution in [0.3, 0.4) is 0 Å². The molecule has 5 heteroatoms. The van der Waals surface area contributed by atoms with Gasteiger partial charge in [-0.3, -0.25) is 5.43 Å². The van der Waals surface area contributed by atoms with E-state index >= 15 is 0 Å². The Hall–Kier alpha value is -1.72. The third-order valence-electron chi connectivity index (χ3n) is 3.44. The molecule has 0 radical (unpaired) electrons. The summed E-state index contributed by atoms with van der Waals surface area (Å²) in [6.07, 6.45) is 1.81. The maximum Gasteiger partial charge on any atom is 0.203 e. The Kier molecular flexibility index (Phi) is 3.54. The topological polar surface area (TPSA) is 46.5 Å². The molecule has 1 aliphatic rings. The monoisotopic (exact) mass is 287 g/mol. The first-order chi connectivity index (χ1) is 9.66. The van der Waals surface area contributed by atoms with Crippen LogP contribution in [-0.2, 0) is 10.2 Å². The van der Waals surface area contributed by atoms with Gasteiger partial charge < -0.3 is 4.74 Å². The second kappa shape index (κ2) is 5.34. The second-order valence-corrected chi connectivity index (χ2v) is 6.20. The molecule has 0 saturated carbocycles. The Morgan fingerprint density at radius 3 is 2.65 bits per heavy atom. The minimum absolute atomic E-state index is 0.187. The van der Waals surface area contributed by atoms with Crippen LogP contribution in [0.4, 0.5) is 5.13 Å². The normalized spacial score (nSPS) is 17.1. The number of hydrazone groups is 1. The van der Waals surface area contributed by atoms with Crippen LogP contribution in [0.2, 0.25) is 0 Å². The van der Waals surface area contributed by atoms with Crippen molar-refractivity contribution in [3.8, 4) is 0 Å². The molecule has 1 N–H and O–H groups in total. The van der Waals surface area contributed by atoms with Gasteiger partial charge in [-0.25, -0.2) is 4.98 Å². The number of nitrogens with zero attached hydrogens (tertiary/aromatic N) is 2. The average Bonchev–Trinajstić information content (AvgIpc) is 2.83. The highest BCUT2D eigenvalue weighted by Crippen LogP contribution is 2.31. The highest BCUT2D eigenvalue weighted by molar-refractivity contribution is 7.13. The van der Waals surface area contributed by atoms with E-state index < -0.39 is 0 Å². The number of benzene rings is 1. The minimum Gasteiger partial charge on any atom is -0.379 e. The molecule has 2 heterocycles. The van der Waals surface area contributed by atoms with Crippen molar-refractivity contribution in [2.45, 2.75) is 19.3 Å². The number of hydrogen-bond acceptors (Lipinski definition) is 5. The SMILES string of the molecule is Cc1csc(NN=Cc2ccc(C3(C)COC3)cc2)n1. The van der Waals surface area contributed by atoms with Gasteiger partial charge >= 0.3 is 0 Å². The van der Waals surface area contributed by atoms with E-state index in [4.69, 9.17) is 4.74 Å². The van der Waals surface area contributed by atoms with Crippen molar-refractivity contribution in [3.63, 3.8) is 0 Å². The largest absolute Gasteiger partial charge is 0.379 e. The molecule has 20 heavy (non-hydrogen) atoms. The van der Waals surface area contributed by atoms with Gasteiger partial charge in [-0.1, -0.05) is 31.2 Å². The van der Waals surface area contributed by atoms with Crippen LogP contribution in [0, 0.1) is 6.92 Å². The molecule has 0 aliphatic carbocycles. The van der Waals surface area contributed by atoms with Crippen LogP contribution in [0.15, 0.2) is 34.7 Å². The van der Waals surface area contributed by atoms with Crippen molar-refractivity contribution in [1.82, 2.24) is 4.98 Å². The number of thiazole rings is 1. The first-order valence-corrected chi connectivity index (χ1v) is 7.43. The zero-order valence-electron chi connectivity index (χ0n) is 11.6. The van der Waals surface area contributed by atoms with Gasteiger partial charge in [0, 0.05) is 10.8 Å². The molecule has 3 rings (SSSR count). The van der Waals surface area contributed by atoms with Gasteiger partial charge in [-0.2, -0.15) is 5.10 Å². The molecule has 1 aromatic heterocycles. The number of ether oxygens (including phenoxy) is 1. The van der Waals surface area contributed by atoms with Crippen molar-refractivity contribution >= 4 is 22.7 Å². The fourth-order valence-corrected chi connectivity index (χ4v) is 2.75. The van der Waals surface area contributed by atoms with Gasteiger partial charge in [-0.05, 0) is 18.1 Å². The lowest BCUT2D eigenvalue weighted by atomic mass is 9.81. The molecule has 0 spiro atoms. The number of hydrogen-bond donors (Lipinski definition) is 1. The van der Waals surface area contributed by atoms with Crippen molar-refractivity contribution in [3.05, 3.63) is 46.5 Å². The number of nitrogens with one attached hydrogen (secondary N) is 1. The first kappa shape index (κ1) is 13.3. The molecule has 104 valence electrons. The molecule has 0 atom stereocenters. The average molecular weight is 287 g/mol. The fourth-order valence-electron chi connectivity index (χ4n) is 2.11. The number of rotatable bonds is 4. The van der Waals surface area contributed by atoms with Gasteiger partial charge in [0.15, 0.2) is 0 Å². The summed E-state index contributed by atoms with van der Waals surface area (Å²) >= 11 is 1.55. The number of anilines is 1. The van der Waals surface area contributed by atoms with E-state index in [-0.39, 0.29) is 5.41 Å². The van der Waals surface area contributed by atoms with Gasteiger partial charge in [0.25, 0.3) is 0 Å². The Morgan fingerprint density at radius 2 is 2.10 bits per heavy atom. The second-order valence-electron chi connectivity index (χ2n) is 5.34. The van der Waals surface area contributed by atoms with Crippen molar-refractivity contribution < 1.29 is 4.74 Å². The van der Waals surface area contributed by atoms with Gasteiger partial charge in [0.2, 0.25) is 5.13 Å². The Balaban J connectivity index is 1.63. The summed E-state index contributed by atoms with van der Waals surface area (Å²) in [7, 11) is 0. The van der Waals surface area contributed by atoms with E-state index in [1.165, 1.54) is 5.56 Å². The highest BCUT2D eigenvalue weighted by Gasteiger charge is 2.34. The summed E-state index contributed by atoms with van der Waals surface area (Å²) in [5.74, 6) is 0. The maximum atomic E-state index is 5.30. The van der Waals surface area contributed by atoms with Crippen LogP contribution in [0.1, 0.15) is 23.7 Å². The van der Waals surface area contributed by atoms with Crippen LogP contribution in [0.25, 0.3) is 0 Å². The van der Waals surface area contributed by atoms with E-state index in [1.54, 1.807) is 17.6 Å². The van der Waals surface area contributed by atoms with E-state index in [0.29, 0.717) is 0 Å². The Bertz CT molecular complexity index is 614. The van der Waals surface area contributed by atoms with Crippen molar-refractivity contribution in [1.29, 1.82) is 0 Å². The molecule has 1 aromatic carbocycles. The van der Waals surface area contributed by atoms with E-state index in [1.807, 2.05) is 12.3 Å². The summed E-state index contributed by atoms with van der Waals surface area (Å²) in [6, 6.07) is 8.46. The predicted octanol–water partition coefficient (Wildman–Crippen LogP) is 3.19. The number of aromatic nitrogens is 1. The zero-order chi connectivity index (χ0) is 14.0. The quantitative estimate of drug-likeness (QED) is 0.694. The van der Waals surface area contributed by atoms with E-state index in [2.05, 4.69) is 46.7 Å². The lowest BCUT2D eigenvalue weighted by Crippen LogP contribution is -2.43. The van der Waals surface area contributed by atoms with Crippen LogP contribution in [-0.4, -0.2) is 24.4 Å². The Labute approximate surface area is 122 Å². The van der Waals surface area contributed by atoms with E-state index in [9.17, 15) is 0 Å². The fraction of sp³-hybridized carbons (Fsp3) is 0.333. The van der Waals surface area contributed by atoms with Crippen LogP contribution in [0.5, 0.6) is 0 Å². The lowest BCUT2D eigenvalue weighted by molar-refractivity contribution is -0.0500. The third kappa shape index (κ3) is 2.73. The molecule has 1 aliphatic heterocycles. The summed E-state index contributed by atoms with van der Waals surface area (Å²) in [6.45, 7) is 5.82. The Morgan fingerprint density at radius 1 is 1.35 bits per heavy atom. The van der Waals surface area contributed by atoms with Crippen molar-refractivity contribution in [2.24, 2.45) is 5.10 Å². The molecular weight excluding hydrogens is 270 g/mol. The first-order valence-electron chi connectivity index (χ1n) is 6.55. The van der Waals surface area contributed by atoms with Crippen LogP contribution < -0.4 is 5.43 Å². The smallest absolute Gasteiger partial charge is 0.203 e. The molecule has 4 nitrogen and oxygen atoms in total. The molecule has 0 bridgehead atoms. The van der Waals surface area contributed by atoms with E-state index in [0.717, 1.165) is 29.6 Å². The predicted molar refractivity (Wildman–Crippen MR) is 82.7 cm³/mol. The molecule has 0 amide bonds. The number of aryl methyl sites for hydroxylation is 1. The van der Waals surface area contributed by atoms with Crippen molar-refractivity contribution in [2.75, 3.05) is 18.6 Å². The molecular formula is C15H17N3OS. The zero-order valence-corrected chi connectivity index (χ0v) is 12.4. The summed E-state index contributed by atoms with van der Waals surface area (Å²) in [5.41, 5.74) is 6.52. The van der Waals surface area contributed by atoms with Crippen LogP contribution >= 0.6 is 11.3 Å². The minimum atomic E-state index is 0.187. The molecule has 1 saturated heterocycles. The summed E-state index contributed by atoms with van der Waals surface area (Å²) in [4.78, 5) is 4.29. The molecule has 0 unspecified atom stereocenters. The standard InChI is InChI=1S/C15H17N3OS/c1-11-8-20-14(17-11)18-16-7-12-3-5-13(6-4-12)15(2)9-19-10-15/h3-8H,9-10H2,1-2H3,(H,17,18). The third-order valence-corrected chi connectivity index (χ3v) is 4.31.